The maximum Gasteiger partial charge on any atom is 0.251 e. The maximum atomic E-state index is 12.5. The molecule has 3 rings (SSSR count). The van der Waals surface area contributed by atoms with Gasteiger partial charge in [0.15, 0.2) is 0 Å². The van der Waals surface area contributed by atoms with Gasteiger partial charge in [-0.25, -0.2) is 0 Å². The Morgan fingerprint density at radius 1 is 0.794 bits per heavy atom. The van der Waals surface area contributed by atoms with Crippen LogP contribution in [0.3, 0.4) is 0 Å². The number of hydrogen-bond acceptors (Lipinski definition) is 2. The van der Waals surface area contributed by atoms with Crippen LogP contribution in [0, 0.1) is 0 Å². The zero-order chi connectivity index (χ0) is 23.4. The number of carbonyl (C=O) groups excluding carboxylic acids is 1. The molecule has 0 bridgehead atoms. The lowest BCUT2D eigenvalue weighted by atomic mass is 10.1. The minimum atomic E-state index is -0.0397. The van der Waals surface area contributed by atoms with Gasteiger partial charge < -0.3 is 26.9 Å². The van der Waals surface area contributed by atoms with Gasteiger partial charge in [0.05, 0.1) is 33.8 Å². The number of aryl methyl sites for hydroxylation is 1. The summed E-state index contributed by atoms with van der Waals surface area (Å²) in [4.78, 5) is 12.5. The molecule has 0 saturated heterocycles. The first-order chi connectivity index (χ1) is 16.0. The molecule has 0 aromatic heterocycles. The average Bonchev–Trinajstić information content (AvgIpc) is 2.82. The minimum absolute atomic E-state index is 0. The standard InChI is InChI=1S/C29H36N2O2.ClH/c1-31(2,24-26-15-8-4-9-16-26)22-21-30-29(32)27-17-19-28(20-18-27)33-23-11-5-10-14-25-12-6-3-7-13-25;/h3-4,6-9,12-13,15-20H,5,10-11,14,21-24H2,1-2H3;1H. The van der Waals surface area contributed by atoms with Gasteiger partial charge >= 0.3 is 0 Å². The van der Waals surface area contributed by atoms with Gasteiger partial charge in [0.1, 0.15) is 12.3 Å². The Morgan fingerprint density at radius 3 is 2.06 bits per heavy atom. The van der Waals surface area contributed by atoms with E-state index in [1.807, 2.05) is 30.3 Å². The van der Waals surface area contributed by atoms with Crippen LogP contribution >= 0.6 is 0 Å². The summed E-state index contributed by atoms with van der Waals surface area (Å²) < 4.78 is 6.66. The van der Waals surface area contributed by atoms with E-state index in [4.69, 9.17) is 4.74 Å². The number of halogens is 1. The number of quaternary nitrogens is 1. The Kier molecular flexibility index (Phi) is 11.7. The molecule has 0 aliphatic rings. The van der Waals surface area contributed by atoms with Crippen LogP contribution < -0.4 is 22.5 Å². The fraction of sp³-hybridized carbons (Fsp3) is 0.345. The SMILES string of the molecule is C[N+](C)(CCNC(=O)c1ccc(OCCCCCc2ccccc2)cc1)Cc1ccccc1.[Cl-]. The molecule has 3 aromatic rings. The summed E-state index contributed by atoms with van der Waals surface area (Å²) in [5.41, 5.74) is 3.37. The topological polar surface area (TPSA) is 38.3 Å². The summed E-state index contributed by atoms with van der Waals surface area (Å²) in [7, 11) is 4.37. The number of nitrogens with zero attached hydrogens (tertiary/aromatic N) is 1. The minimum Gasteiger partial charge on any atom is -1.00 e. The van der Waals surface area contributed by atoms with Crippen molar-refractivity contribution in [3.8, 4) is 5.75 Å². The van der Waals surface area contributed by atoms with Crippen molar-refractivity contribution in [2.75, 3.05) is 33.8 Å². The second-order valence-electron chi connectivity index (χ2n) is 9.23. The second-order valence-corrected chi connectivity index (χ2v) is 9.23. The third kappa shape index (κ3) is 9.98. The predicted molar refractivity (Wildman–Crippen MR) is 135 cm³/mol. The van der Waals surface area contributed by atoms with Crippen molar-refractivity contribution in [1.29, 1.82) is 0 Å². The van der Waals surface area contributed by atoms with Crippen LogP contribution in [-0.2, 0) is 13.0 Å². The van der Waals surface area contributed by atoms with Crippen LogP contribution in [-0.4, -0.2) is 44.2 Å². The predicted octanol–water partition coefficient (Wildman–Crippen LogP) is 2.49. The lowest BCUT2D eigenvalue weighted by Crippen LogP contribution is -3.00. The Balaban J connectivity index is 0.00000408. The summed E-state index contributed by atoms with van der Waals surface area (Å²) in [6.07, 6.45) is 4.47. The van der Waals surface area contributed by atoms with Crippen molar-refractivity contribution in [3.05, 3.63) is 102 Å². The highest BCUT2D eigenvalue weighted by Gasteiger charge is 2.16. The Morgan fingerprint density at radius 2 is 1.41 bits per heavy atom. The third-order valence-corrected chi connectivity index (χ3v) is 5.79. The number of rotatable bonds is 13. The third-order valence-electron chi connectivity index (χ3n) is 5.79. The molecule has 0 unspecified atom stereocenters. The summed E-state index contributed by atoms with van der Waals surface area (Å²) in [5, 5.41) is 3.04. The summed E-state index contributed by atoms with van der Waals surface area (Å²) in [6, 6.07) is 28.5. The maximum absolute atomic E-state index is 12.5. The summed E-state index contributed by atoms with van der Waals surface area (Å²) in [6.45, 7) is 3.15. The fourth-order valence-electron chi connectivity index (χ4n) is 3.88. The van der Waals surface area contributed by atoms with E-state index >= 15 is 0 Å². The molecular formula is C29H37ClN2O2. The first-order valence-electron chi connectivity index (χ1n) is 11.9. The molecule has 3 aromatic carbocycles. The highest BCUT2D eigenvalue weighted by Crippen LogP contribution is 2.14. The number of nitrogens with one attached hydrogen (secondary N) is 1. The zero-order valence-corrected chi connectivity index (χ0v) is 21.1. The zero-order valence-electron chi connectivity index (χ0n) is 20.4. The van der Waals surface area contributed by atoms with Gasteiger partial charge in [-0.05, 0) is 55.5 Å². The van der Waals surface area contributed by atoms with E-state index in [1.54, 1.807) is 0 Å². The molecule has 0 atom stereocenters. The number of ether oxygens (including phenoxy) is 1. The smallest absolute Gasteiger partial charge is 0.251 e. The van der Waals surface area contributed by atoms with E-state index < -0.39 is 0 Å². The quantitative estimate of drug-likeness (QED) is 0.301. The van der Waals surface area contributed by atoms with E-state index in [0.717, 1.165) is 42.6 Å². The number of unbranched alkanes of at least 4 members (excludes halogenated alkanes) is 2. The summed E-state index contributed by atoms with van der Waals surface area (Å²) in [5.74, 6) is 0.775. The first kappa shape index (κ1) is 27.4. The Bertz CT molecular complexity index is 960. The number of likely N-dealkylation sites (N-methyl/N-ethyl adjacent to an activating group) is 1. The van der Waals surface area contributed by atoms with E-state index in [2.05, 4.69) is 74.0 Å². The van der Waals surface area contributed by atoms with Gasteiger partial charge in [-0.3, -0.25) is 4.79 Å². The van der Waals surface area contributed by atoms with Gasteiger partial charge in [-0.15, -0.1) is 0 Å². The van der Waals surface area contributed by atoms with Gasteiger partial charge in [0.25, 0.3) is 5.91 Å². The largest absolute Gasteiger partial charge is 1.00 e. The molecule has 0 spiro atoms. The number of amides is 1. The van der Waals surface area contributed by atoms with Crippen LogP contribution in [0.5, 0.6) is 5.75 Å². The molecule has 0 heterocycles. The van der Waals surface area contributed by atoms with Gasteiger partial charge in [0, 0.05) is 11.1 Å². The molecule has 4 nitrogen and oxygen atoms in total. The van der Waals surface area contributed by atoms with Gasteiger partial charge in [0.2, 0.25) is 0 Å². The van der Waals surface area contributed by atoms with Crippen LogP contribution in [0.2, 0.25) is 0 Å². The van der Waals surface area contributed by atoms with Gasteiger partial charge in [-0.1, -0.05) is 60.7 Å². The number of carbonyl (C=O) groups is 1. The molecule has 5 heteroatoms. The van der Waals surface area contributed by atoms with Gasteiger partial charge in [-0.2, -0.15) is 0 Å². The van der Waals surface area contributed by atoms with Crippen molar-refractivity contribution in [2.24, 2.45) is 0 Å². The molecule has 0 aliphatic carbocycles. The van der Waals surface area contributed by atoms with E-state index in [1.165, 1.54) is 17.5 Å². The molecule has 0 fully saturated rings. The average molecular weight is 481 g/mol. The molecule has 34 heavy (non-hydrogen) atoms. The van der Waals surface area contributed by atoms with Crippen LogP contribution in [0.4, 0.5) is 0 Å². The monoisotopic (exact) mass is 480 g/mol. The Hall–Kier alpha value is -2.82. The Labute approximate surface area is 211 Å². The summed E-state index contributed by atoms with van der Waals surface area (Å²) >= 11 is 0. The van der Waals surface area contributed by atoms with E-state index in [-0.39, 0.29) is 18.3 Å². The highest BCUT2D eigenvalue weighted by atomic mass is 35.5. The van der Waals surface area contributed by atoms with Crippen molar-refractivity contribution < 1.29 is 26.4 Å². The molecule has 1 N–H and O–H groups in total. The lowest BCUT2D eigenvalue weighted by Gasteiger charge is -2.30. The van der Waals surface area contributed by atoms with Crippen molar-refractivity contribution in [1.82, 2.24) is 5.32 Å². The molecule has 0 radical (unpaired) electrons. The first-order valence-corrected chi connectivity index (χ1v) is 11.9. The molecule has 182 valence electrons. The molecule has 0 saturated carbocycles. The number of hydrogen-bond donors (Lipinski definition) is 1. The van der Waals surface area contributed by atoms with Crippen LogP contribution in [0.1, 0.15) is 40.7 Å². The number of benzene rings is 3. The fourth-order valence-corrected chi connectivity index (χ4v) is 3.88. The van der Waals surface area contributed by atoms with E-state index in [0.29, 0.717) is 18.7 Å². The molecular weight excluding hydrogens is 444 g/mol. The highest BCUT2D eigenvalue weighted by molar-refractivity contribution is 5.94. The van der Waals surface area contributed by atoms with Crippen molar-refractivity contribution >= 4 is 5.91 Å². The van der Waals surface area contributed by atoms with Crippen LogP contribution in [0.25, 0.3) is 0 Å². The normalized spacial score (nSPS) is 10.9. The van der Waals surface area contributed by atoms with Crippen LogP contribution in [0.15, 0.2) is 84.9 Å². The lowest BCUT2D eigenvalue weighted by molar-refractivity contribution is -0.902. The van der Waals surface area contributed by atoms with E-state index in [9.17, 15) is 4.79 Å². The second kappa shape index (κ2) is 14.4. The van der Waals surface area contributed by atoms with Crippen molar-refractivity contribution in [2.45, 2.75) is 32.2 Å². The molecule has 1 amide bonds. The van der Waals surface area contributed by atoms with Crippen molar-refractivity contribution in [3.63, 3.8) is 0 Å². The molecule has 0 aliphatic heterocycles.